The lowest BCUT2D eigenvalue weighted by atomic mass is 10.1. The van der Waals surface area contributed by atoms with E-state index in [1.807, 2.05) is 43.3 Å². The summed E-state index contributed by atoms with van der Waals surface area (Å²) in [6, 6.07) is 14.7. The number of hydrogen-bond donors (Lipinski definition) is 2. The molecule has 1 saturated heterocycles. The molecule has 2 aromatic carbocycles. The van der Waals surface area contributed by atoms with Crippen LogP contribution in [0.15, 0.2) is 48.5 Å². The lowest BCUT2D eigenvalue weighted by Gasteiger charge is -2.24. The molecule has 2 N–H and O–H groups in total. The Morgan fingerprint density at radius 1 is 1.20 bits per heavy atom. The maximum absolute atomic E-state index is 11.3. The van der Waals surface area contributed by atoms with Gasteiger partial charge in [-0.05, 0) is 37.1 Å². The SMILES string of the molecule is Cc1ccc(OCC2(O)CCN(Cc3ccccc3C(=O)O)C2)cc1. The number of nitrogens with zero attached hydrogens (tertiary/aromatic N) is 1. The molecular weight excluding hydrogens is 318 g/mol. The molecular formula is C20H23NO4. The summed E-state index contributed by atoms with van der Waals surface area (Å²) >= 11 is 0. The number of aryl methyl sites for hydroxylation is 1. The number of β-amino-alcohol motifs (C(OH)–C–C–N with tert-alkyl or cyclic N) is 1. The van der Waals surface area contributed by atoms with Crippen molar-refractivity contribution >= 4 is 5.97 Å². The highest BCUT2D eigenvalue weighted by molar-refractivity contribution is 5.89. The summed E-state index contributed by atoms with van der Waals surface area (Å²) in [5, 5.41) is 20.0. The van der Waals surface area contributed by atoms with Crippen molar-refractivity contribution in [2.45, 2.75) is 25.5 Å². The van der Waals surface area contributed by atoms with Crippen LogP contribution in [0.3, 0.4) is 0 Å². The summed E-state index contributed by atoms with van der Waals surface area (Å²) in [7, 11) is 0. The lowest BCUT2D eigenvalue weighted by Crippen LogP contribution is -2.39. The summed E-state index contributed by atoms with van der Waals surface area (Å²) in [4.78, 5) is 13.4. The number of carbonyl (C=O) groups is 1. The van der Waals surface area contributed by atoms with Crippen molar-refractivity contribution in [1.29, 1.82) is 0 Å². The molecule has 1 aliphatic heterocycles. The molecule has 0 aromatic heterocycles. The first-order valence-corrected chi connectivity index (χ1v) is 8.41. The number of benzene rings is 2. The first kappa shape index (κ1) is 17.5. The second-order valence-electron chi connectivity index (χ2n) is 6.75. The van der Waals surface area contributed by atoms with Crippen LogP contribution >= 0.6 is 0 Å². The van der Waals surface area contributed by atoms with Gasteiger partial charge in [-0.2, -0.15) is 0 Å². The van der Waals surface area contributed by atoms with E-state index in [1.165, 1.54) is 0 Å². The molecule has 1 atom stereocenters. The fourth-order valence-corrected chi connectivity index (χ4v) is 3.15. The predicted octanol–water partition coefficient (Wildman–Crippen LogP) is 2.71. The first-order chi connectivity index (χ1) is 12.0. The number of carboxylic acids is 1. The Kier molecular flexibility index (Phi) is 5.06. The Balaban J connectivity index is 1.59. The van der Waals surface area contributed by atoms with Crippen LogP contribution in [-0.2, 0) is 6.54 Å². The van der Waals surface area contributed by atoms with Gasteiger partial charge in [-0.25, -0.2) is 4.79 Å². The van der Waals surface area contributed by atoms with Gasteiger partial charge in [-0.1, -0.05) is 35.9 Å². The number of hydrogen-bond acceptors (Lipinski definition) is 4. The summed E-state index contributed by atoms with van der Waals surface area (Å²) < 4.78 is 5.74. The molecule has 0 saturated carbocycles. The molecule has 0 radical (unpaired) electrons. The molecule has 25 heavy (non-hydrogen) atoms. The van der Waals surface area contributed by atoms with Gasteiger partial charge in [0.1, 0.15) is 18.0 Å². The zero-order valence-corrected chi connectivity index (χ0v) is 14.3. The Bertz CT molecular complexity index is 744. The number of likely N-dealkylation sites (tertiary alicyclic amines) is 1. The quantitative estimate of drug-likeness (QED) is 0.845. The first-order valence-electron chi connectivity index (χ1n) is 8.41. The van der Waals surface area contributed by atoms with Gasteiger partial charge in [0.05, 0.1) is 5.56 Å². The van der Waals surface area contributed by atoms with Crippen molar-refractivity contribution < 1.29 is 19.7 Å². The van der Waals surface area contributed by atoms with E-state index < -0.39 is 11.6 Å². The zero-order valence-electron chi connectivity index (χ0n) is 14.3. The normalized spacial score (nSPS) is 20.6. The van der Waals surface area contributed by atoms with Crippen molar-refractivity contribution in [3.8, 4) is 5.75 Å². The summed E-state index contributed by atoms with van der Waals surface area (Å²) in [5.41, 5.74) is 1.33. The van der Waals surface area contributed by atoms with Gasteiger partial charge in [-0.15, -0.1) is 0 Å². The van der Waals surface area contributed by atoms with Crippen LogP contribution in [0.1, 0.15) is 27.9 Å². The van der Waals surface area contributed by atoms with Crippen LogP contribution < -0.4 is 4.74 Å². The lowest BCUT2D eigenvalue weighted by molar-refractivity contribution is 0.00337. The molecule has 0 aliphatic carbocycles. The van der Waals surface area contributed by atoms with E-state index in [2.05, 4.69) is 4.90 Å². The number of rotatable bonds is 6. The number of carboxylic acid groups (broad SMARTS) is 1. The molecule has 0 bridgehead atoms. The molecule has 3 rings (SSSR count). The van der Waals surface area contributed by atoms with Crippen molar-refractivity contribution in [3.05, 3.63) is 65.2 Å². The Labute approximate surface area is 147 Å². The molecule has 2 aromatic rings. The Morgan fingerprint density at radius 2 is 1.92 bits per heavy atom. The van der Waals surface area contributed by atoms with Crippen LogP contribution in [0.5, 0.6) is 5.75 Å². The van der Waals surface area contributed by atoms with Crippen molar-refractivity contribution in [1.82, 2.24) is 4.90 Å². The predicted molar refractivity (Wildman–Crippen MR) is 94.9 cm³/mol. The van der Waals surface area contributed by atoms with Crippen molar-refractivity contribution in [2.24, 2.45) is 0 Å². The average molecular weight is 341 g/mol. The molecule has 5 nitrogen and oxygen atoms in total. The van der Waals surface area contributed by atoms with Gasteiger partial charge in [0, 0.05) is 19.6 Å². The van der Waals surface area contributed by atoms with Gasteiger partial charge in [0.15, 0.2) is 0 Å². The number of aromatic carboxylic acids is 1. The monoisotopic (exact) mass is 341 g/mol. The molecule has 1 unspecified atom stereocenters. The van der Waals surface area contributed by atoms with Gasteiger partial charge in [-0.3, -0.25) is 4.90 Å². The van der Waals surface area contributed by atoms with E-state index in [-0.39, 0.29) is 6.61 Å². The molecule has 132 valence electrons. The molecule has 5 heteroatoms. The Hall–Kier alpha value is -2.37. The molecule has 0 spiro atoms. The van der Waals surface area contributed by atoms with Gasteiger partial charge >= 0.3 is 5.97 Å². The minimum absolute atomic E-state index is 0.229. The van der Waals surface area contributed by atoms with Crippen LogP contribution in [0.25, 0.3) is 0 Å². The van der Waals surface area contributed by atoms with Gasteiger partial charge in [0.2, 0.25) is 0 Å². The van der Waals surface area contributed by atoms with Gasteiger partial charge in [0.25, 0.3) is 0 Å². The minimum atomic E-state index is -0.923. The smallest absolute Gasteiger partial charge is 0.336 e. The zero-order chi connectivity index (χ0) is 17.9. The molecule has 1 aliphatic rings. The summed E-state index contributed by atoms with van der Waals surface area (Å²) in [5.74, 6) is -0.179. The van der Waals surface area contributed by atoms with E-state index in [0.717, 1.165) is 16.9 Å². The third kappa shape index (κ3) is 4.38. The third-order valence-corrected chi connectivity index (χ3v) is 4.58. The van der Waals surface area contributed by atoms with E-state index in [4.69, 9.17) is 4.74 Å². The second-order valence-corrected chi connectivity index (χ2v) is 6.75. The number of aliphatic hydroxyl groups is 1. The van der Waals surface area contributed by atoms with Crippen LogP contribution in [0, 0.1) is 6.92 Å². The highest BCUT2D eigenvalue weighted by Gasteiger charge is 2.37. The topological polar surface area (TPSA) is 70.0 Å². The minimum Gasteiger partial charge on any atom is -0.491 e. The highest BCUT2D eigenvalue weighted by Crippen LogP contribution is 2.25. The fourth-order valence-electron chi connectivity index (χ4n) is 3.15. The maximum atomic E-state index is 11.3. The fraction of sp³-hybridized carbons (Fsp3) is 0.350. The van der Waals surface area contributed by atoms with Crippen LogP contribution in [-0.4, -0.2) is 46.4 Å². The van der Waals surface area contributed by atoms with Crippen molar-refractivity contribution in [2.75, 3.05) is 19.7 Å². The Morgan fingerprint density at radius 3 is 2.64 bits per heavy atom. The molecule has 0 amide bonds. The van der Waals surface area contributed by atoms with E-state index in [0.29, 0.717) is 31.6 Å². The molecule has 1 heterocycles. The number of ether oxygens (including phenoxy) is 1. The average Bonchev–Trinajstić information content (AvgIpc) is 2.96. The van der Waals surface area contributed by atoms with E-state index in [1.54, 1.807) is 12.1 Å². The standard InChI is InChI=1S/C20H23NO4/c1-15-6-8-17(9-7-15)25-14-20(24)10-11-21(13-20)12-16-4-2-3-5-18(16)19(22)23/h2-9,24H,10-14H2,1H3,(H,22,23). The van der Waals surface area contributed by atoms with Crippen LogP contribution in [0.2, 0.25) is 0 Å². The summed E-state index contributed by atoms with van der Waals surface area (Å²) in [6.07, 6.45) is 0.605. The van der Waals surface area contributed by atoms with E-state index in [9.17, 15) is 15.0 Å². The maximum Gasteiger partial charge on any atom is 0.336 e. The second kappa shape index (κ2) is 7.25. The summed E-state index contributed by atoms with van der Waals surface area (Å²) in [6.45, 7) is 3.93. The largest absolute Gasteiger partial charge is 0.491 e. The van der Waals surface area contributed by atoms with Crippen molar-refractivity contribution in [3.63, 3.8) is 0 Å². The molecule has 1 fully saturated rings. The third-order valence-electron chi connectivity index (χ3n) is 4.58. The van der Waals surface area contributed by atoms with Crippen LogP contribution in [0.4, 0.5) is 0 Å². The van der Waals surface area contributed by atoms with E-state index >= 15 is 0 Å². The highest BCUT2D eigenvalue weighted by atomic mass is 16.5. The van der Waals surface area contributed by atoms with Gasteiger partial charge < -0.3 is 14.9 Å².